The van der Waals surface area contributed by atoms with Crippen LogP contribution in [0.2, 0.25) is 0 Å². The molecule has 21 heavy (non-hydrogen) atoms. The number of aromatic nitrogens is 2. The minimum atomic E-state index is -0.203. The second kappa shape index (κ2) is 5.85. The topological polar surface area (TPSA) is 50.2 Å². The van der Waals surface area contributed by atoms with E-state index in [1.807, 2.05) is 36.1 Å². The van der Waals surface area contributed by atoms with Gasteiger partial charge in [0.05, 0.1) is 11.0 Å². The molecule has 1 amide bonds. The molecule has 0 saturated carbocycles. The summed E-state index contributed by atoms with van der Waals surface area (Å²) < 4.78 is 2.10. The van der Waals surface area contributed by atoms with Gasteiger partial charge in [0.15, 0.2) is 0 Å². The number of carbonyl (C=O) groups excluding carboxylic acids is 1. The SMILES string of the molecule is CCc1nc2ccccc2n1C(C)C(=O)N1CCNCC1. The highest BCUT2D eigenvalue weighted by molar-refractivity contribution is 5.84. The van der Waals surface area contributed by atoms with E-state index in [0.717, 1.165) is 49.5 Å². The molecule has 1 atom stereocenters. The van der Waals surface area contributed by atoms with E-state index in [-0.39, 0.29) is 11.9 Å². The number of fused-ring (bicyclic) bond motifs is 1. The highest BCUT2D eigenvalue weighted by Crippen LogP contribution is 2.23. The van der Waals surface area contributed by atoms with Gasteiger partial charge in [-0.3, -0.25) is 4.79 Å². The number of amides is 1. The lowest BCUT2D eigenvalue weighted by molar-refractivity contribution is -0.134. The number of benzene rings is 1. The Morgan fingerprint density at radius 3 is 2.76 bits per heavy atom. The van der Waals surface area contributed by atoms with Crippen LogP contribution in [0.25, 0.3) is 11.0 Å². The zero-order valence-electron chi connectivity index (χ0n) is 12.7. The Bertz CT molecular complexity index is 643. The van der Waals surface area contributed by atoms with Crippen LogP contribution in [-0.2, 0) is 11.2 Å². The van der Waals surface area contributed by atoms with Gasteiger partial charge in [-0.05, 0) is 19.1 Å². The molecule has 0 aliphatic carbocycles. The van der Waals surface area contributed by atoms with Crippen molar-refractivity contribution >= 4 is 16.9 Å². The van der Waals surface area contributed by atoms with Crippen molar-refractivity contribution in [3.63, 3.8) is 0 Å². The third-order valence-electron chi connectivity index (χ3n) is 4.16. The molecule has 0 spiro atoms. The predicted molar refractivity (Wildman–Crippen MR) is 83.3 cm³/mol. The maximum atomic E-state index is 12.8. The number of hydrogen-bond donors (Lipinski definition) is 1. The minimum Gasteiger partial charge on any atom is -0.338 e. The first-order valence-corrected chi connectivity index (χ1v) is 7.67. The van der Waals surface area contributed by atoms with Crippen LogP contribution in [0.1, 0.15) is 25.7 Å². The number of imidazole rings is 1. The first-order chi connectivity index (χ1) is 10.2. The molecule has 1 N–H and O–H groups in total. The standard InChI is InChI=1S/C16H22N4O/c1-3-15-18-13-6-4-5-7-14(13)20(15)12(2)16(21)19-10-8-17-9-11-19/h4-7,12,17H,3,8-11H2,1-2H3. The van der Waals surface area contributed by atoms with Gasteiger partial charge in [0.1, 0.15) is 11.9 Å². The number of aryl methyl sites for hydroxylation is 1. The van der Waals surface area contributed by atoms with Gasteiger partial charge < -0.3 is 14.8 Å². The molecule has 1 unspecified atom stereocenters. The summed E-state index contributed by atoms with van der Waals surface area (Å²) in [6, 6.07) is 7.84. The van der Waals surface area contributed by atoms with Crippen molar-refractivity contribution in [1.82, 2.24) is 19.8 Å². The third kappa shape index (κ3) is 2.53. The predicted octanol–water partition coefficient (Wildman–Crippen LogP) is 1.59. The summed E-state index contributed by atoms with van der Waals surface area (Å²) in [5.41, 5.74) is 2.01. The lowest BCUT2D eigenvalue weighted by Gasteiger charge is -2.30. The van der Waals surface area contributed by atoms with Crippen molar-refractivity contribution in [3.05, 3.63) is 30.1 Å². The lowest BCUT2D eigenvalue weighted by Crippen LogP contribution is -2.48. The van der Waals surface area contributed by atoms with Gasteiger partial charge >= 0.3 is 0 Å². The fraction of sp³-hybridized carbons (Fsp3) is 0.500. The molecule has 1 aliphatic heterocycles. The summed E-state index contributed by atoms with van der Waals surface area (Å²) >= 11 is 0. The smallest absolute Gasteiger partial charge is 0.245 e. The zero-order chi connectivity index (χ0) is 14.8. The number of para-hydroxylation sites is 2. The fourth-order valence-corrected chi connectivity index (χ4v) is 3.04. The van der Waals surface area contributed by atoms with Gasteiger partial charge in [-0.25, -0.2) is 4.98 Å². The van der Waals surface area contributed by atoms with Crippen molar-refractivity contribution in [2.45, 2.75) is 26.3 Å². The molecule has 112 valence electrons. The van der Waals surface area contributed by atoms with Crippen LogP contribution in [0.5, 0.6) is 0 Å². The van der Waals surface area contributed by atoms with E-state index in [0.29, 0.717) is 0 Å². The van der Waals surface area contributed by atoms with Crippen LogP contribution in [0.4, 0.5) is 0 Å². The van der Waals surface area contributed by atoms with Crippen LogP contribution in [0, 0.1) is 0 Å². The van der Waals surface area contributed by atoms with E-state index in [1.165, 1.54) is 0 Å². The van der Waals surface area contributed by atoms with Crippen LogP contribution >= 0.6 is 0 Å². The van der Waals surface area contributed by atoms with Gasteiger partial charge in [0.25, 0.3) is 0 Å². The van der Waals surface area contributed by atoms with Crippen molar-refractivity contribution in [2.24, 2.45) is 0 Å². The van der Waals surface area contributed by atoms with Gasteiger partial charge in [-0.15, -0.1) is 0 Å². The summed E-state index contributed by atoms with van der Waals surface area (Å²) in [4.78, 5) is 19.4. The molecule has 1 fully saturated rings. The number of rotatable bonds is 3. The van der Waals surface area contributed by atoms with E-state index in [9.17, 15) is 4.79 Å². The molecular formula is C16H22N4O. The number of nitrogens with one attached hydrogen (secondary N) is 1. The lowest BCUT2D eigenvalue weighted by atomic mass is 10.2. The molecule has 2 heterocycles. The van der Waals surface area contributed by atoms with Crippen molar-refractivity contribution in [1.29, 1.82) is 0 Å². The molecule has 2 aromatic rings. The molecule has 1 saturated heterocycles. The second-order valence-electron chi connectivity index (χ2n) is 5.49. The number of carbonyl (C=O) groups is 1. The molecular weight excluding hydrogens is 264 g/mol. The molecule has 1 aromatic carbocycles. The summed E-state index contributed by atoms with van der Waals surface area (Å²) in [5, 5.41) is 3.28. The van der Waals surface area contributed by atoms with Gasteiger partial charge in [-0.1, -0.05) is 19.1 Å². The summed E-state index contributed by atoms with van der Waals surface area (Å²) in [5.74, 6) is 1.17. The van der Waals surface area contributed by atoms with Gasteiger partial charge in [0.2, 0.25) is 5.91 Å². The third-order valence-corrected chi connectivity index (χ3v) is 4.16. The highest BCUT2D eigenvalue weighted by Gasteiger charge is 2.26. The van der Waals surface area contributed by atoms with E-state index >= 15 is 0 Å². The van der Waals surface area contributed by atoms with Crippen LogP contribution < -0.4 is 5.32 Å². The van der Waals surface area contributed by atoms with E-state index in [2.05, 4.69) is 21.8 Å². The number of hydrogen-bond acceptors (Lipinski definition) is 3. The molecule has 0 bridgehead atoms. The second-order valence-corrected chi connectivity index (χ2v) is 5.49. The minimum absolute atomic E-state index is 0.189. The number of nitrogens with zero attached hydrogens (tertiary/aromatic N) is 3. The first-order valence-electron chi connectivity index (χ1n) is 7.67. The molecule has 1 aliphatic rings. The molecule has 5 nitrogen and oxygen atoms in total. The van der Waals surface area contributed by atoms with E-state index in [4.69, 9.17) is 0 Å². The Morgan fingerprint density at radius 2 is 2.05 bits per heavy atom. The van der Waals surface area contributed by atoms with Gasteiger partial charge in [0, 0.05) is 32.6 Å². The number of piperazine rings is 1. The molecule has 1 aromatic heterocycles. The average molecular weight is 286 g/mol. The maximum Gasteiger partial charge on any atom is 0.245 e. The Labute approximate surface area is 125 Å². The maximum absolute atomic E-state index is 12.8. The largest absolute Gasteiger partial charge is 0.338 e. The Hall–Kier alpha value is -1.88. The Balaban J connectivity index is 1.96. The normalized spacial score (nSPS) is 17.1. The van der Waals surface area contributed by atoms with Crippen LogP contribution in [-0.4, -0.2) is 46.5 Å². The van der Waals surface area contributed by atoms with E-state index in [1.54, 1.807) is 0 Å². The summed E-state index contributed by atoms with van der Waals surface area (Å²) in [6.45, 7) is 7.40. The fourth-order valence-electron chi connectivity index (χ4n) is 3.04. The Kier molecular flexibility index (Phi) is 3.92. The molecule has 5 heteroatoms. The van der Waals surface area contributed by atoms with Crippen LogP contribution in [0.15, 0.2) is 24.3 Å². The average Bonchev–Trinajstić information content (AvgIpc) is 2.92. The monoisotopic (exact) mass is 286 g/mol. The summed E-state index contributed by atoms with van der Waals surface area (Å²) in [7, 11) is 0. The molecule has 3 rings (SSSR count). The quantitative estimate of drug-likeness (QED) is 0.932. The van der Waals surface area contributed by atoms with E-state index < -0.39 is 0 Å². The molecule has 0 radical (unpaired) electrons. The van der Waals surface area contributed by atoms with Gasteiger partial charge in [-0.2, -0.15) is 0 Å². The van der Waals surface area contributed by atoms with Crippen molar-refractivity contribution < 1.29 is 4.79 Å². The van der Waals surface area contributed by atoms with Crippen LogP contribution in [0.3, 0.4) is 0 Å². The Morgan fingerprint density at radius 1 is 1.33 bits per heavy atom. The zero-order valence-corrected chi connectivity index (χ0v) is 12.7. The highest BCUT2D eigenvalue weighted by atomic mass is 16.2. The summed E-state index contributed by atoms with van der Waals surface area (Å²) in [6.07, 6.45) is 0.827. The first kappa shape index (κ1) is 14.1. The van der Waals surface area contributed by atoms with Crippen molar-refractivity contribution in [3.8, 4) is 0 Å². The van der Waals surface area contributed by atoms with Crippen molar-refractivity contribution in [2.75, 3.05) is 26.2 Å².